The largest absolute Gasteiger partial charge is 0.278 e. The summed E-state index contributed by atoms with van der Waals surface area (Å²) in [6.45, 7) is 3.40. The lowest BCUT2D eigenvalue weighted by Crippen LogP contribution is -2.15. The minimum atomic E-state index is -3.67. The fourth-order valence-corrected chi connectivity index (χ4v) is 4.62. The van der Waals surface area contributed by atoms with Crippen molar-refractivity contribution in [1.29, 1.82) is 0 Å². The molecule has 8 heteroatoms. The highest BCUT2D eigenvalue weighted by Gasteiger charge is 2.24. The summed E-state index contributed by atoms with van der Waals surface area (Å²) in [4.78, 5) is 0.214. The number of aromatic nitrogens is 2. The Morgan fingerprint density at radius 3 is 2.50 bits per heavy atom. The van der Waals surface area contributed by atoms with Gasteiger partial charge < -0.3 is 0 Å². The van der Waals surface area contributed by atoms with Gasteiger partial charge in [0.25, 0.3) is 10.0 Å². The molecular formula is C12H13ClIN3O2S. The Morgan fingerprint density at radius 2 is 2.00 bits per heavy atom. The van der Waals surface area contributed by atoms with Crippen LogP contribution in [0.5, 0.6) is 0 Å². The Morgan fingerprint density at radius 1 is 1.35 bits per heavy atom. The van der Waals surface area contributed by atoms with Gasteiger partial charge in [0.2, 0.25) is 0 Å². The van der Waals surface area contributed by atoms with Crippen molar-refractivity contribution in [1.82, 2.24) is 9.78 Å². The lowest BCUT2D eigenvalue weighted by atomic mass is 10.3. The topological polar surface area (TPSA) is 64.0 Å². The van der Waals surface area contributed by atoms with Gasteiger partial charge in [-0.15, -0.1) is 0 Å². The lowest BCUT2D eigenvalue weighted by Gasteiger charge is -2.10. The Hall–Kier alpha value is -0.800. The molecule has 0 amide bonds. The molecule has 2 rings (SSSR count). The first-order valence-corrected chi connectivity index (χ1v) is 8.64. The van der Waals surface area contributed by atoms with Crippen LogP contribution in [-0.2, 0) is 17.1 Å². The molecule has 2 aromatic rings. The molecule has 20 heavy (non-hydrogen) atoms. The highest BCUT2D eigenvalue weighted by atomic mass is 127. The Balaban J connectivity index is 2.46. The molecule has 1 N–H and O–H groups in total. The van der Waals surface area contributed by atoms with Crippen LogP contribution in [0.25, 0.3) is 0 Å². The maximum atomic E-state index is 12.5. The van der Waals surface area contributed by atoms with Crippen LogP contribution >= 0.6 is 34.2 Å². The van der Waals surface area contributed by atoms with Gasteiger partial charge in [0.05, 0.1) is 17.1 Å². The number of halogens is 2. The Kier molecular flexibility index (Phi) is 4.31. The van der Waals surface area contributed by atoms with Crippen molar-refractivity contribution in [2.45, 2.75) is 18.7 Å². The van der Waals surface area contributed by atoms with Crippen LogP contribution in [0.3, 0.4) is 0 Å². The van der Waals surface area contributed by atoms with E-state index in [1.165, 1.54) is 0 Å². The summed E-state index contributed by atoms with van der Waals surface area (Å²) in [6.07, 6.45) is 0. The van der Waals surface area contributed by atoms with Crippen LogP contribution in [0.1, 0.15) is 11.4 Å². The standard InChI is InChI=1S/C12H13ClIN3O2S/c1-7-12(8(2)17(3)15-7)20(18,19)16-11-5-4-9(13)6-10(11)14/h4-6,16H,1-3H3. The van der Waals surface area contributed by atoms with E-state index in [-0.39, 0.29) is 4.90 Å². The molecule has 5 nitrogen and oxygen atoms in total. The van der Waals surface area contributed by atoms with Crippen molar-refractivity contribution >= 4 is 49.9 Å². The summed E-state index contributed by atoms with van der Waals surface area (Å²) >= 11 is 7.90. The molecule has 0 saturated heterocycles. The minimum Gasteiger partial charge on any atom is -0.278 e. The number of anilines is 1. The third-order valence-corrected chi connectivity index (χ3v) is 5.63. The third kappa shape index (κ3) is 2.94. The van der Waals surface area contributed by atoms with E-state index in [2.05, 4.69) is 9.82 Å². The zero-order chi connectivity index (χ0) is 15.1. The van der Waals surface area contributed by atoms with Crippen LogP contribution in [0.4, 0.5) is 5.69 Å². The van der Waals surface area contributed by atoms with Crippen LogP contribution in [0.2, 0.25) is 5.02 Å². The van der Waals surface area contributed by atoms with Gasteiger partial charge in [0.1, 0.15) is 4.90 Å². The van der Waals surface area contributed by atoms with Crippen molar-refractivity contribution in [3.05, 3.63) is 38.2 Å². The van der Waals surface area contributed by atoms with Crippen molar-refractivity contribution in [3.8, 4) is 0 Å². The Bertz CT molecular complexity index is 771. The second-order valence-electron chi connectivity index (χ2n) is 4.35. The number of nitrogens with zero attached hydrogens (tertiary/aromatic N) is 2. The summed E-state index contributed by atoms with van der Waals surface area (Å²) in [6, 6.07) is 4.98. The molecule has 1 aromatic heterocycles. The molecule has 0 saturated carbocycles. The predicted molar refractivity (Wildman–Crippen MR) is 87.7 cm³/mol. The molecule has 0 bridgehead atoms. The van der Waals surface area contributed by atoms with Crippen LogP contribution < -0.4 is 4.72 Å². The molecule has 0 fully saturated rings. The molecule has 108 valence electrons. The first kappa shape index (κ1) is 15.6. The average Bonchev–Trinajstić information content (AvgIpc) is 2.57. The van der Waals surface area contributed by atoms with Gasteiger partial charge in [-0.3, -0.25) is 9.40 Å². The van der Waals surface area contributed by atoms with E-state index >= 15 is 0 Å². The van der Waals surface area contributed by atoms with Gasteiger partial charge >= 0.3 is 0 Å². The zero-order valence-corrected chi connectivity index (χ0v) is 14.8. The van der Waals surface area contributed by atoms with Gasteiger partial charge in [-0.25, -0.2) is 8.42 Å². The smallest absolute Gasteiger partial charge is 0.265 e. The molecule has 0 aliphatic rings. The summed E-state index contributed by atoms with van der Waals surface area (Å²) in [5.74, 6) is 0. The molecule has 0 radical (unpaired) electrons. The van der Waals surface area contributed by atoms with Gasteiger partial charge in [-0.05, 0) is 54.6 Å². The van der Waals surface area contributed by atoms with E-state index in [0.29, 0.717) is 22.1 Å². The molecular weight excluding hydrogens is 413 g/mol. The number of sulfonamides is 1. The van der Waals surface area contributed by atoms with E-state index in [9.17, 15) is 8.42 Å². The maximum absolute atomic E-state index is 12.5. The molecule has 0 unspecified atom stereocenters. The number of hydrogen-bond acceptors (Lipinski definition) is 3. The number of rotatable bonds is 3. The highest BCUT2D eigenvalue weighted by molar-refractivity contribution is 14.1. The number of aryl methyl sites for hydroxylation is 2. The predicted octanol–water partition coefficient (Wildman–Crippen LogP) is 3.10. The van der Waals surface area contributed by atoms with E-state index < -0.39 is 10.0 Å². The van der Waals surface area contributed by atoms with Crippen molar-refractivity contribution in [2.75, 3.05) is 4.72 Å². The van der Waals surface area contributed by atoms with E-state index in [1.807, 2.05) is 22.6 Å². The number of benzene rings is 1. The lowest BCUT2D eigenvalue weighted by molar-refractivity contribution is 0.599. The first-order chi connectivity index (χ1) is 9.22. The van der Waals surface area contributed by atoms with Crippen molar-refractivity contribution in [3.63, 3.8) is 0 Å². The quantitative estimate of drug-likeness (QED) is 0.769. The number of hydrogen-bond donors (Lipinski definition) is 1. The molecule has 0 spiro atoms. The summed E-state index contributed by atoms with van der Waals surface area (Å²) in [5.41, 5.74) is 1.57. The van der Waals surface area contributed by atoms with E-state index in [1.54, 1.807) is 43.8 Å². The zero-order valence-electron chi connectivity index (χ0n) is 11.1. The monoisotopic (exact) mass is 425 g/mol. The molecule has 1 heterocycles. The molecule has 1 aromatic carbocycles. The molecule has 0 aliphatic carbocycles. The van der Waals surface area contributed by atoms with Crippen LogP contribution in [-0.4, -0.2) is 18.2 Å². The fraction of sp³-hybridized carbons (Fsp3) is 0.250. The molecule has 0 atom stereocenters. The number of nitrogens with one attached hydrogen (secondary N) is 1. The van der Waals surface area contributed by atoms with Crippen LogP contribution in [0.15, 0.2) is 23.1 Å². The van der Waals surface area contributed by atoms with Crippen molar-refractivity contribution < 1.29 is 8.42 Å². The average molecular weight is 426 g/mol. The summed E-state index contributed by atoms with van der Waals surface area (Å²) < 4.78 is 29.9. The second kappa shape index (κ2) is 5.53. The second-order valence-corrected chi connectivity index (χ2v) is 7.57. The molecule has 0 aliphatic heterocycles. The van der Waals surface area contributed by atoms with E-state index in [4.69, 9.17) is 11.6 Å². The summed E-state index contributed by atoms with van der Waals surface area (Å²) in [7, 11) is -1.95. The summed E-state index contributed by atoms with van der Waals surface area (Å²) in [5, 5.41) is 4.69. The fourth-order valence-electron chi connectivity index (χ4n) is 1.91. The normalized spacial score (nSPS) is 11.7. The van der Waals surface area contributed by atoms with Gasteiger partial charge in [0.15, 0.2) is 0 Å². The maximum Gasteiger partial charge on any atom is 0.265 e. The van der Waals surface area contributed by atoms with Gasteiger partial charge in [0, 0.05) is 15.6 Å². The van der Waals surface area contributed by atoms with Crippen molar-refractivity contribution in [2.24, 2.45) is 7.05 Å². The minimum absolute atomic E-state index is 0.214. The third-order valence-electron chi connectivity index (χ3n) is 2.89. The van der Waals surface area contributed by atoms with Crippen LogP contribution in [0, 0.1) is 17.4 Å². The SMILES string of the molecule is Cc1nn(C)c(C)c1S(=O)(=O)Nc1ccc(Cl)cc1I. The first-order valence-electron chi connectivity index (χ1n) is 5.70. The van der Waals surface area contributed by atoms with Gasteiger partial charge in [-0.1, -0.05) is 11.6 Å². The van der Waals surface area contributed by atoms with E-state index in [0.717, 1.165) is 3.57 Å². The van der Waals surface area contributed by atoms with Gasteiger partial charge in [-0.2, -0.15) is 5.10 Å². The Labute approximate surface area is 136 Å². The highest BCUT2D eigenvalue weighted by Crippen LogP contribution is 2.26.